The highest BCUT2D eigenvalue weighted by Gasteiger charge is 2.35. The molecule has 0 saturated heterocycles. The molecule has 0 saturated carbocycles. The number of benzene rings is 3. The van der Waals surface area contributed by atoms with Crippen molar-refractivity contribution in [1.29, 1.82) is 0 Å². The molecule has 1 unspecified atom stereocenters. The molecule has 0 aliphatic carbocycles. The van der Waals surface area contributed by atoms with Crippen molar-refractivity contribution in [2.75, 3.05) is 7.11 Å². The van der Waals surface area contributed by atoms with Crippen LogP contribution in [0.25, 0.3) is 5.76 Å². The highest BCUT2D eigenvalue weighted by Crippen LogP contribution is 2.46. The Morgan fingerprint density at radius 2 is 1.52 bits per heavy atom. The van der Waals surface area contributed by atoms with E-state index in [-0.39, 0.29) is 5.41 Å². The van der Waals surface area contributed by atoms with E-state index in [1.165, 1.54) is 5.56 Å². The average molecular weight is 328 g/mol. The summed E-state index contributed by atoms with van der Waals surface area (Å²) in [6.45, 7) is 2.24. The van der Waals surface area contributed by atoms with Gasteiger partial charge in [0.05, 0.1) is 7.11 Å². The molecule has 1 atom stereocenters. The van der Waals surface area contributed by atoms with Gasteiger partial charge in [0, 0.05) is 22.6 Å². The minimum atomic E-state index is -0.272. The van der Waals surface area contributed by atoms with Gasteiger partial charge in [0.2, 0.25) is 0 Å². The predicted octanol–water partition coefficient (Wildman–Crippen LogP) is 5.43. The van der Waals surface area contributed by atoms with Gasteiger partial charge in [-0.25, -0.2) is 0 Å². The van der Waals surface area contributed by atoms with Crippen LogP contribution in [0, 0.1) is 0 Å². The summed E-state index contributed by atoms with van der Waals surface area (Å²) in [7, 11) is 1.68. The molecule has 1 heterocycles. The molecule has 0 amide bonds. The molecule has 0 bridgehead atoms. The van der Waals surface area contributed by atoms with Gasteiger partial charge in [-0.3, -0.25) is 0 Å². The number of rotatable bonds is 3. The average Bonchev–Trinajstić information content (AvgIpc) is 2.69. The Kier molecular flexibility index (Phi) is 3.81. The Balaban J connectivity index is 1.93. The third-order valence-electron chi connectivity index (χ3n) is 4.82. The van der Waals surface area contributed by atoms with E-state index in [0.29, 0.717) is 0 Å². The summed E-state index contributed by atoms with van der Waals surface area (Å²) >= 11 is 0. The molecule has 0 N–H and O–H groups in total. The van der Waals surface area contributed by atoms with Crippen molar-refractivity contribution < 1.29 is 9.47 Å². The molecule has 0 fully saturated rings. The minimum absolute atomic E-state index is 0.272. The lowest BCUT2D eigenvalue weighted by Crippen LogP contribution is -2.26. The lowest BCUT2D eigenvalue weighted by molar-refractivity contribution is 0.407. The lowest BCUT2D eigenvalue weighted by atomic mass is 9.74. The molecule has 0 radical (unpaired) electrons. The summed E-state index contributed by atoms with van der Waals surface area (Å²) in [5, 5.41) is 0. The van der Waals surface area contributed by atoms with Gasteiger partial charge < -0.3 is 9.47 Å². The van der Waals surface area contributed by atoms with E-state index >= 15 is 0 Å². The van der Waals surface area contributed by atoms with Gasteiger partial charge in [-0.15, -0.1) is 0 Å². The van der Waals surface area contributed by atoms with Crippen LogP contribution in [0.15, 0.2) is 84.9 Å². The normalized spacial score (nSPS) is 18.7. The zero-order valence-corrected chi connectivity index (χ0v) is 14.4. The maximum Gasteiger partial charge on any atom is 0.135 e. The monoisotopic (exact) mass is 328 g/mol. The van der Waals surface area contributed by atoms with Crippen molar-refractivity contribution in [3.8, 4) is 11.5 Å². The fourth-order valence-electron chi connectivity index (χ4n) is 3.40. The Morgan fingerprint density at radius 1 is 0.840 bits per heavy atom. The second-order valence-electron chi connectivity index (χ2n) is 6.41. The first-order valence-corrected chi connectivity index (χ1v) is 8.41. The first kappa shape index (κ1) is 15.5. The van der Waals surface area contributed by atoms with Crippen molar-refractivity contribution in [3.63, 3.8) is 0 Å². The summed E-state index contributed by atoms with van der Waals surface area (Å²) in [5.41, 5.74) is 3.17. The summed E-state index contributed by atoms with van der Waals surface area (Å²) in [6, 6.07) is 26.8. The summed E-state index contributed by atoms with van der Waals surface area (Å²) in [4.78, 5) is 0. The molecule has 25 heavy (non-hydrogen) atoms. The quantitative estimate of drug-likeness (QED) is 0.638. The second-order valence-corrected chi connectivity index (χ2v) is 6.41. The summed E-state index contributed by atoms with van der Waals surface area (Å²) < 4.78 is 11.7. The number of hydrogen-bond acceptors (Lipinski definition) is 2. The number of methoxy groups -OCH3 is 1. The molecule has 3 aromatic carbocycles. The molecular formula is C23H20O2. The van der Waals surface area contributed by atoms with Gasteiger partial charge >= 0.3 is 0 Å². The molecule has 2 nitrogen and oxygen atoms in total. The van der Waals surface area contributed by atoms with E-state index in [2.05, 4.69) is 55.5 Å². The molecule has 124 valence electrons. The lowest BCUT2D eigenvalue weighted by Gasteiger charge is -2.34. The highest BCUT2D eigenvalue weighted by atomic mass is 16.5. The standard InChI is InChI=1S/C23H20O2/c1-23(18-11-7-4-8-12-18)16-22(17-9-5-3-6-10-17)25-21-15-19(24-2)13-14-20(21)23/h3-16H,1-2H3. The Labute approximate surface area is 148 Å². The van der Waals surface area contributed by atoms with Crippen LogP contribution in [0.2, 0.25) is 0 Å². The second kappa shape index (κ2) is 6.14. The van der Waals surface area contributed by atoms with Crippen LogP contribution < -0.4 is 9.47 Å². The first-order chi connectivity index (χ1) is 12.2. The molecule has 3 aromatic rings. The molecular weight excluding hydrogens is 308 g/mol. The van der Waals surface area contributed by atoms with Crippen LogP contribution in [0.1, 0.15) is 23.6 Å². The van der Waals surface area contributed by atoms with Crippen molar-refractivity contribution >= 4 is 5.76 Å². The van der Waals surface area contributed by atoms with Crippen LogP contribution in [0.5, 0.6) is 11.5 Å². The molecule has 0 aromatic heterocycles. The molecule has 2 heteroatoms. The van der Waals surface area contributed by atoms with Crippen molar-refractivity contribution in [1.82, 2.24) is 0 Å². The third-order valence-corrected chi connectivity index (χ3v) is 4.82. The number of hydrogen-bond donors (Lipinski definition) is 0. The Morgan fingerprint density at radius 3 is 2.20 bits per heavy atom. The van der Waals surface area contributed by atoms with Crippen molar-refractivity contribution in [3.05, 3.63) is 102 Å². The van der Waals surface area contributed by atoms with Crippen LogP contribution in [0.4, 0.5) is 0 Å². The highest BCUT2D eigenvalue weighted by molar-refractivity contribution is 5.71. The van der Waals surface area contributed by atoms with Gasteiger partial charge in [0.1, 0.15) is 17.3 Å². The van der Waals surface area contributed by atoms with Gasteiger partial charge in [-0.1, -0.05) is 66.7 Å². The SMILES string of the molecule is COc1ccc2c(c1)OC(c1ccccc1)=CC2(C)c1ccccc1. The van der Waals surface area contributed by atoms with Crippen LogP contribution in [0.3, 0.4) is 0 Å². The van der Waals surface area contributed by atoms with Crippen LogP contribution >= 0.6 is 0 Å². The van der Waals surface area contributed by atoms with E-state index in [1.54, 1.807) is 7.11 Å². The van der Waals surface area contributed by atoms with Gasteiger partial charge in [0.25, 0.3) is 0 Å². The number of fused-ring (bicyclic) bond motifs is 1. The smallest absolute Gasteiger partial charge is 0.135 e. The van der Waals surface area contributed by atoms with E-state index in [1.807, 2.05) is 36.4 Å². The van der Waals surface area contributed by atoms with Crippen LogP contribution in [-0.4, -0.2) is 7.11 Å². The van der Waals surface area contributed by atoms with Gasteiger partial charge in [0.15, 0.2) is 0 Å². The van der Waals surface area contributed by atoms with E-state index in [0.717, 1.165) is 28.4 Å². The Bertz CT molecular complexity index is 913. The van der Waals surface area contributed by atoms with E-state index in [4.69, 9.17) is 9.47 Å². The fourth-order valence-corrected chi connectivity index (χ4v) is 3.40. The first-order valence-electron chi connectivity index (χ1n) is 8.41. The molecule has 1 aliphatic rings. The fraction of sp³-hybridized carbons (Fsp3) is 0.130. The molecule has 0 spiro atoms. The summed E-state index contributed by atoms with van der Waals surface area (Å²) in [6.07, 6.45) is 2.21. The Hall–Kier alpha value is -3.00. The zero-order valence-electron chi connectivity index (χ0n) is 14.4. The summed E-state index contributed by atoms with van der Waals surface area (Å²) in [5.74, 6) is 2.50. The predicted molar refractivity (Wildman–Crippen MR) is 101 cm³/mol. The minimum Gasteiger partial charge on any atom is -0.497 e. The van der Waals surface area contributed by atoms with E-state index < -0.39 is 0 Å². The molecule has 4 rings (SSSR count). The third kappa shape index (κ3) is 2.70. The van der Waals surface area contributed by atoms with Crippen molar-refractivity contribution in [2.24, 2.45) is 0 Å². The van der Waals surface area contributed by atoms with Gasteiger partial charge in [-0.2, -0.15) is 0 Å². The van der Waals surface area contributed by atoms with E-state index in [9.17, 15) is 0 Å². The topological polar surface area (TPSA) is 18.5 Å². The largest absolute Gasteiger partial charge is 0.497 e. The number of allylic oxidation sites excluding steroid dienone is 1. The maximum atomic E-state index is 6.26. The van der Waals surface area contributed by atoms with Crippen molar-refractivity contribution in [2.45, 2.75) is 12.3 Å². The maximum absolute atomic E-state index is 6.26. The van der Waals surface area contributed by atoms with Crippen LogP contribution in [-0.2, 0) is 5.41 Å². The van der Waals surface area contributed by atoms with Gasteiger partial charge in [-0.05, 0) is 24.6 Å². The zero-order chi connectivity index (χ0) is 17.3. The molecule has 1 aliphatic heterocycles. The number of ether oxygens (including phenoxy) is 2.